The van der Waals surface area contributed by atoms with E-state index in [-0.39, 0.29) is 15.7 Å². The fourth-order valence-corrected chi connectivity index (χ4v) is 7.15. The van der Waals surface area contributed by atoms with Crippen LogP contribution in [-0.2, 0) is 22.9 Å². The Hall–Kier alpha value is -3.34. The maximum Gasteiger partial charge on any atom is 0.225 e. The van der Waals surface area contributed by atoms with Crippen LogP contribution in [0.15, 0.2) is 30.6 Å². The van der Waals surface area contributed by atoms with Gasteiger partial charge in [-0.1, -0.05) is 74.6 Å². The summed E-state index contributed by atoms with van der Waals surface area (Å²) in [7, 11) is -2.28. The summed E-state index contributed by atoms with van der Waals surface area (Å²) in [6.45, 7) is 19.9. The van der Waals surface area contributed by atoms with Crippen LogP contribution >= 0.6 is 34.8 Å². The first-order chi connectivity index (χ1) is 23.0. The van der Waals surface area contributed by atoms with Gasteiger partial charge in [0.05, 0.1) is 27.6 Å². The van der Waals surface area contributed by atoms with Crippen LogP contribution in [0.2, 0.25) is 67.1 Å². The molecule has 258 valence electrons. The van der Waals surface area contributed by atoms with Gasteiger partial charge < -0.3 is 18.6 Å². The molecule has 4 heterocycles. The number of hydrogen-bond acceptors (Lipinski definition) is 8. The normalized spacial score (nSPS) is 11.8. The first-order valence-electron chi connectivity index (χ1n) is 15.8. The highest BCUT2D eigenvalue weighted by molar-refractivity contribution is 6.76. The van der Waals surface area contributed by atoms with E-state index in [9.17, 15) is 10.5 Å². The third-order valence-corrected chi connectivity index (χ3v) is 11.7. The number of benzene rings is 1. The van der Waals surface area contributed by atoms with Crippen LogP contribution in [0.1, 0.15) is 22.3 Å². The Morgan fingerprint density at radius 1 is 0.714 bits per heavy atom. The molecule has 0 aliphatic rings. The number of nitriles is 2. The maximum atomic E-state index is 9.69. The van der Waals surface area contributed by atoms with Gasteiger partial charge in [-0.05, 0) is 54.7 Å². The number of aryl methyl sites for hydroxylation is 2. The molecule has 5 aromatic rings. The second-order valence-corrected chi connectivity index (χ2v) is 26.6. The van der Waals surface area contributed by atoms with E-state index in [2.05, 4.69) is 77.4 Å². The predicted molar refractivity (Wildman–Crippen MR) is 203 cm³/mol. The second-order valence-electron chi connectivity index (χ2n) is 14.3. The Morgan fingerprint density at radius 2 is 1.20 bits per heavy atom. The summed E-state index contributed by atoms with van der Waals surface area (Å²) >= 11 is 18.1. The van der Waals surface area contributed by atoms with Crippen molar-refractivity contribution in [3.63, 3.8) is 0 Å². The van der Waals surface area contributed by atoms with Gasteiger partial charge >= 0.3 is 0 Å². The molecule has 0 N–H and O–H groups in total. The minimum Gasteiger partial charge on any atom is -0.361 e. The van der Waals surface area contributed by atoms with Crippen LogP contribution in [0.5, 0.6) is 0 Å². The molecule has 15 heteroatoms. The zero-order chi connectivity index (χ0) is 36.1. The number of ether oxygens (including phenoxy) is 2. The van der Waals surface area contributed by atoms with Crippen molar-refractivity contribution in [1.29, 1.82) is 10.5 Å². The minimum atomic E-state index is -1.16. The smallest absolute Gasteiger partial charge is 0.225 e. The average Bonchev–Trinajstić information content (AvgIpc) is 3.54. The first-order valence-corrected chi connectivity index (χ1v) is 24.4. The van der Waals surface area contributed by atoms with Gasteiger partial charge in [0.2, 0.25) is 10.6 Å². The Balaban J connectivity index is 0.000000230. The van der Waals surface area contributed by atoms with Gasteiger partial charge in [-0.15, -0.1) is 0 Å². The zero-order valence-electron chi connectivity index (χ0n) is 29.2. The van der Waals surface area contributed by atoms with E-state index in [1.807, 2.05) is 30.5 Å². The molecule has 4 aromatic heterocycles. The van der Waals surface area contributed by atoms with Gasteiger partial charge in [-0.25, -0.2) is 9.97 Å². The number of rotatable bonds is 11. The third kappa shape index (κ3) is 10.1. The molecule has 10 nitrogen and oxygen atoms in total. The van der Waals surface area contributed by atoms with Crippen molar-refractivity contribution in [2.24, 2.45) is 0 Å². The molecule has 49 heavy (non-hydrogen) atoms. The zero-order valence-corrected chi connectivity index (χ0v) is 33.4. The van der Waals surface area contributed by atoms with Crippen molar-refractivity contribution in [1.82, 2.24) is 29.1 Å². The van der Waals surface area contributed by atoms with Crippen LogP contribution in [0.3, 0.4) is 0 Å². The Kier molecular flexibility index (Phi) is 12.7. The molecule has 0 atom stereocenters. The third-order valence-electron chi connectivity index (χ3n) is 7.67. The number of hydrogen-bond donors (Lipinski definition) is 0. The number of nitrogens with zero attached hydrogens (tertiary/aromatic N) is 8. The van der Waals surface area contributed by atoms with Crippen molar-refractivity contribution in [3.8, 4) is 23.4 Å². The van der Waals surface area contributed by atoms with E-state index in [0.717, 1.165) is 23.2 Å². The Labute approximate surface area is 304 Å². The van der Waals surface area contributed by atoms with E-state index in [1.165, 1.54) is 5.56 Å². The lowest BCUT2D eigenvalue weighted by atomic mass is 10.00. The van der Waals surface area contributed by atoms with E-state index < -0.39 is 16.1 Å². The van der Waals surface area contributed by atoms with Gasteiger partial charge in [0.1, 0.15) is 42.0 Å². The standard InChI is InChI=1S/C21H25ClN4OSi.C13H16Cl2N4OSi/c1-14-6-7-17(15(2)10-14)19-18-16(11-23)12-26(20(18)25-21(22)24-19)13-27-8-9-28(3,4)5;1-21(2,3)5-4-20-8-19-7-9(6-16)10-11(14)17-13(15)18-12(10)19/h6-7,10,12H,8-9,13H2,1-5H3;7H,4-5,8H2,1-3H3. The van der Waals surface area contributed by atoms with Crippen LogP contribution in [0.25, 0.3) is 33.3 Å². The lowest BCUT2D eigenvalue weighted by molar-refractivity contribution is 0.0897. The molecule has 5 rings (SSSR count). The van der Waals surface area contributed by atoms with Gasteiger partial charge in [0.25, 0.3) is 0 Å². The second kappa shape index (κ2) is 16.1. The molecule has 0 amide bonds. The molecule has 0 bridgehead atoms. The topological polar surface area (TPSA) is 127 Å². The molecule has 0 aliphatic carbocycles. The van der Waals surface area contributed by atoms with Gasteiger partial charge in [0, 0.05) is 47.3 Å². The quantitative estimate of drug-likeness (QED) is 0.0565. The van der Waals surface area contributed by atoms with Crippen molar-refractivity contribution in [2.75, 3.05) is 13.2 Å². The van der Waals surface area contributed by atoms with Gasteiger partial charge in [-0.3, -0.25) is 0 Å². The van der Waals surface area contributed by atoms with Crippen LogP contribution < -0.4 is 0 Å². The molecule has 0 saturated heterocycles. The minimum absolute atomic E-state index is 0.0541. The van der Waals surface area contributed by atoms with Crippen molar-refractivity contribution < 1.29 is 9.47 Å². The largest absolute Gasteiger partial charge is 0.361 e. The van der Waals surface area contributed by atoms with Crippen LogP contribution in [0.4, 0.5) is 0 Å². The van der Waals surface area contributed by atoms with Crippen LogP contribution in [-0.4, -0.2) is 58.4 Å². The summed E-state index contributed by atoms with van der Waals surface area (Å²) in [6, 6.07) is 12.7. The molecule has 0 unspecified atom stereocenters. The number of aromatic nitrogens is 6. The number of fused-ring (bicyclic) bond motifs is 2. The van der Waals surface area contributed by atoms with Crippen molar-refractivity contribution >= 4 is 73.0 Å². The van der Waals surface area contributed by atoms with E-state index >= 15 is 0 Å². The SMILES string of the molecule is C[Si](C)(C)CCOCn1cc(C#N)c2c(Cl)nc(Cl)nc21.Cc1ccc(-c2nc(Cl)nc3c2c(C#N)cn3COCC[Si](C)(C)C)c(C)c1. The summed E-state index contributed by atoms with van der Waals surface area (Å²) in [6.07, 6.45) is 3.44. The van der Waals surface area contributed by atoms with Crippen molar-refractivity contribution in [2.45, 2.75) is 78.7 Å². The van der Waals surface area contributed by atoms with E-state index in [4.69, 9.17) is 44.3 Å². The maximum absolute atomic E-state index is 9.69. The molecule has 0 radical (unpaired) electrons. The molecule has 0 fully saturated rings. The highest BCUT2D eigenvalue weighted by Crippen LogP contribution is 2.33. The monoisotopic (exact) mass is 754 g/mol. The summed E-state index contributed by atoms with van der Waals surface area (Å²) in [5.41, 5.74) is 5.98. The van der Waals surface area contributed by atoms with Crippen LogP contribution in [0, 0.1) is 36.5 Å². The molecular formula is C34H41Cl3N8O2Si2. The molecule has 1 aromatic carbocycles. The number of halogens is 3. The summed E-state index contributed by atoms with van der Waals surface area (Å²) in [5.74, 6) is 0. The first kappa shape index (κ1) is 38.5. The molecular weight excluding hydrogens is 715 g/mol. The van der Waals surface area contributed by atoms with Gasteiger partial charge in [-0.2, -0.15) is 20.5 Å². The summed E-state index contributed by atoms with van der Waals surface area (Å²) in [5, 5.41) is 20.5. The van der Waals surface area contributed by atoms with E-state index in [1.54, 1.807) is 17.0 Å². The Morgan fingerprint density at radius 3 is 1.69 bits per heavy atom. The fraction of sp³-hybridized carbons (Fsp3) is 0.412. The summed E-state index contributed by atoms with van der Waals surface area (Å²) < 4.78 is 15.1. The van der Waals surface area contributed by atoms with E-state index in [0.29, 0.717) is 65.6 Å². The highest BCUT2D eigenvalue weighted by atomic mass is 35.5. The molecule has 0 aliphatic heterocycles. The lowest BCUT2D eigenvalue weighted by Crippen LogP contribution is -2.22. The lowest BCUT2D eigenvalue weighted by Gasteiger charge is -2.15. The fourth-order valence-electron chi connectivity index (χ4n) is 5.00. The average molecular weight is 756 g/mol. The highest BCUT2D eigenvalue weighted by Gasteiger charge is 2.20. The molecule has 0 spiro atoms. The Bertz CT molecular complexity index is 2050. The molecule has 0 saturated carbocycles. The predicted octanol–water partition coefficient (Wildman–Crippen LogP) is 9.47. The summed E-state index contributed by atoms with van der Waals surface area (Å²) in [4.78, 5) is 16.9. The van der Waals surface area contributed by atoms with Gasteiger partial charge in [0.15, 0.2) is 0 Å². The van der Waals surface area contributed by atoms with Crippen molar-refractivity contribution in [3.05, 3.63) is 68.6 Å².